The van der Waals surface area contributed by atoms with Gasteiger partial charge in [-0.2, -0.15) is 18.2 Å². The number of pyridine rings is 1. The molecule has 0 saturated carbocycles. The van der Waals surface area contributed by atoms with Crippen LogP contribution in [0, 0.1) is 6.92 Å². The molecule has 16 heteroatoms. The summed E-state index contributed by atoms with van der Waals surface area (Å²) in [5, 5.41) is 14.8. The highest BCUT2D eigenvalue weighted by Gasteiger charge is 2.34. The Morgan fingerprint density at radius 3 is 2.49 bits per heavy atom. The Balaban J connectivity index is 1.41. The molecule has 0 radical (unpaired) electrons. The summed E-state index contributed by atoms with van der Waals surface area (Å²) in [6.07, 6.45) is -2.10. The molecule has 0 atom stereocenters. The summed E-state index contributed by atoms with van der Waals surface area (Å²) < 4.78 is 40.0. The summed E-state index contributed by atoms with van der Waals surface area (Å²) in [7, 11) is 0. The van der Waals surface area contributed by atoms with Crippen LogP contribution in [0.3, 0.4) is 0 Å². The quantitative estimate of drug-likeness (QED) is 0.288. The van der Waals surface area contributed by atoms with Gasteiger partial charge in [0.2, 0.25) is 5.95 Å². The number of hydrogen-bond donors (Lipinski definition) is 4. The second kappa shape index (κ2) is 10.4. The van der Waals surface area contributed by atoms with E-state index in [9.17, 15) is 22.8 Å². The predicted octanol–water partition coefficient (Wildman–Crippen LogP) is 5.72. The average Bonchev–Trinajstić information content (AvgIpc) is 3.23. The van der Waals surface area contributed by atoms with Gasteiger partial charge < -0.3 is 10.6 Å². The van der Waals surface area contributed by atoms with Crippen LogP contribution in [0.2, 0.25) is 5.02 Å². The van der Waals surface area contributed by atoms with Crippen LogP contribution < -0.4 is 20.3 Å². The summed E-state index contributed by atoms with van der Waals surface area (Å²) in [6, 6.07) is 6.78. The van der Waals surface area contributed by atoms with Gasteiger partial charge in [-0.25, -0.2) is 19.1 Å². The van der Waals surface area contributed by atoms with Gasteiger partial charge in [-0.3, -0.25) is 10.1 Å². The molecule has 0 unspecified atom stereocenters. The van der Waals surface area contributed by atoms with Crippen molar-refractivity contribution in [3.63, 3.8) is 0 Å². The number of thiol groups is 1. The minimum Gasteiger partial charge on any atom is -0.323 e. The lowest BCUT2D eigenvalue weighted by atomic mass is 10.2. The summed E-state index contributed by atoms with van der Waals surface area (Å²) in [5.41, 5.74) is -0.152. The number of hydrogen-bond acceptors (Lipinski definition) is 9. The highest BCUT2D eigenvalue weighted by Crippen LogP contribution is 2.37. The molecule has 2 aromatic heterocycles. The average molecular weight is 550 g/mol. The number of azo groups is 1. The van der Waals surface area contributed by atoms with Crippen molar-refractivity contribution >= 4 is 65.3 Å². The van der Waals surface area contributed by atoms with Gasteiger partial charge >= 0.3 is 12.2 Å². The molecule has 3 aromatic rings. The summed E-state index contributed by atoms with van der Waals surface area (Å²) in [6.45, 7) is 1.74. The molecule has 1 aromatic carbocycles. The minimum absolute atomic E-state index is 0.107. The topological polar surface area (TPSA) is 137 Å². The van der Waals surface area contributed by atoms with E-state index in [1.54, 1.807) is 19.1 Å². The van der Waals surface area contributed by atoms with Gasteiger partial charge in [0.15, 0.2) is 5.82 Å². The first-order chi connectivity index (χ1) is 17.5. The van der Waals surface area contributed by atoms with Crippen molar-refractivity contribution in [1.29, 1.82) is 0 Å². The maximum absolute atomic E-state index is 13.1. The summed E-state index contributed by atoms with van der Waals surface area (Å²) >= 11 is 9.60. The van der Waals surface area contributed by atoms with E-state index in [-0.39, 0.29) is 23.3 Å². The normalized spacial score (nSPS) is 12.8. The zero-order chi connectivity index (χ0) is 26.7. The van der Waals surface area contributed by atoms with Gasteiger partial charge in [-0.1, -0.05) is 24.4 Å². The number of halogens is 4. The Kier molecular flexibility index (Phi) is 7.26. The van der Waals surface area contributed by atoms with E-state index < -0.39 is 28.7 Å². The molecular weight excluding hydrogens is 535 g/mol. The van der Waals surface area contributed by atoms with Crippen LogP contribution in [-0.4, -0.2) is 26.9 Å². The maximum atomic E-state index is 13.1. The fourth-order valence-corrected chi connectivity index (χ4v) is 3.37. The highest BCUT2D eigenvalue weighted by atomic mass is 35.5. The molecule has 3 N–H and O–H groups in total. The number of rotatable bonds is 6. The Morgan fingerprint density at radius 2 is 1.84 bits per heavy atom. The molecule has 0 fully saturated rings. The number of aromatic nitrogens is 3. The fraction of sp³-hybridized carbons (Fsp3) is 0.0952. The van der Waals surface area contributed by atoms with Crippen molar-refractivity contribution in [2.75, 3.05) is 20.3 Å². The number of nitrogens with one attached hydrogen (secondary N) is 3. The maximum Gasteiger partial charge on any atom is 0.417 e. The van der Waals surface area contributed by atoms with E-state index in [1.807, 2.05) is 0 Å². The van der Waals surface area contributed by atoms with Crippen LogP contribution in [0.5, 0.6) is 0 Å². The van der Waals surface area contributed by atoms with Gasteiger partial charge in [-0.05, 0) is 37.3 Å². The summed E-state index contributed by atoms with van der Waals surface area (Å²) in [4.78, 5) is 36.3. The number of aryl methyl sites for hydroxylation is 1. The van der Waals surface area contributed by atoms with E-state index in [0.29, 0.717) is 27.6 Å². The van der Waals surface area contributed by atoms with Crippen LogP contribution in [0.1, 0.15) is 11.3 Å². The van der Waals surface area contributed by atoms with E-state index in [0.717, 1.165) is 6.07 Å². The number of urea groups is 1. The highest BCUT2D eigenvalue weighted by molar-refractivity contribution is 7.82. The fourth-order valence-electron chi connectivity index (χ4n) is 2.97. The molecule has 11 nitrogen and oxygen atoms in total. The van der Waals surface area contributed by atoms with Crippen LogP contribution >= 0.6 is 24.4 Å². The van der Waals surface area contributed by atoms with Gasteiger partial charge in [0.1, 0.15) is 11.6 Å². The zero-order valence-electron chi connectivity index (χ0n) is 18.6. The monoisotopic (exact) mass is 549 g/mol. The second-order valence-corrected chi connectivity index (χ2v) is 8.18. The number of alkyl halides is 3. The SMILES string of the molecule is Cc1cc(NC2=CC(=O)N=N2)nc(Nc2ccc(NC(=O)N(S)c3ccc(Cl)c(C(F)(F)F)c3)nc2)n1. The minimum atomic E-state index is -4.70. The molecule has 37 heavy (non-hydrogen) atoms. The molecule has 3 amide bonds. The molecule has 1 aliphatic heterocycles. The number of anilines is 5. The van der Waals surface area contributed by atoms with Crippen molar-refractivity contribution in [2.45, 2.75) is 13.1 Å². The van der Waals surface area contributed by atoms with E-state index >= 15 is 0 Å². The van der Waals surface area contributed by atoms with Crippen LogP contribution in [0.25, 0.3) is 0 Å². The van der Waals surface area contributed by atoms with Gasteiger partial charge in [0.25, 0.3) is 5.91 Å². The Labute approximate surface area is 217 Å². The second-order valence-electron chi connectivity index (χ2n) is 7.37. The molecule has 0 spiro atoms. The Bertz CT molecular complexity index is 1430. The van der Waals surface area contributed by atoms with Crippen LogP contribution in [0.15, 0.2) is 64.7 Å². The predicted molar refractivity (Wildman–Crippen MR) is 133 cm³/mol. The first kappa shape index (κ1) is 25.8. The van der Waals surface area contributed by atoms with E-state index in [2.05, 4.69) is 53.9 Å². The molecule has 3 heterocycles. The van der Waals surface area contributed by atoms with Crippen LogP contribution in [0.4, 0.5) is 46.9 Å². The third-order valence-corrected chi connectivity index (χ3v) is 5.32. The van der Waals surface area contributed by atoms with Crippen molar-refractivity contribution in [2.24, 2.45) is 10.2 Å². The molecule has 0 aliphatic carbocycles. The van der Waals surface area contributed by atoms with Crippen molar-refractivity contribution < 1.29 is 22.8 Å². The number of amides is 3. The lowest BCUT2D eigenvalue weighted by molar-refractivity contribution is -0.137. The molecular formula is C21H15ClF3N9O2S. The van der Waals surface area contributed by atoms with Gasteiger partial charge in [0.05, 0.1) is 34.2 Å². The Morgan fingerprint density at radius 1 is 1.05 bits per heavy atom. The number of nitrogens with zero attached hydrogens (tertiary/aromatic N) is 6. The standard InChI is InChI=1S/C21H15ClF3N9O2S/c1-10-6-16(29-17-8-18(35)33-32-17)30-19(27-10)28-11-2-5-15(26-9-11)31-20(36)34(37)12-3-4-14(22)13(7-12)21(23,24)25/h2-9,37H,1H3,(H,26,31,36)(H2,27,28,29,30). The van der Waals surface area contributed by atoms with E-state index in [4.69, 9.17) is 11.6 Å². The van der Waals surface area contributed by atoms with Gasteiger partial charge in [-0.15, -0.1) is 10.2 Å². The lowest BCUT2D eigenvalue weighted by Gasteiger charge is -2.18. The first-order valence-electron chi connectivity index (χ1n) is 10.2. The molecule has 1 aliphatic rings. The number of carbonyl (C=O) groups excluding carboxylic acids is 2. The summed E-state index contributed by atoms with van der Waals surface area (Å²) in [5.74, 6) is 0.451. The molecule has 4 rings (SSSR count). The van der Waals surface area contributed by atoms with Crippen molar-refractivity contribution in [1.82, 2.24) is 15.0 Å². The van der Waals surface area contributed by atoms with Crippen LogP contribution in [-0.2, 0) is 11.0 Å². The van der Waals surface area contributed by atoms with Gasteiger partial charge in [0, 0.05) is 11.8 Å². The largest absolute Gasteiger partial charge is 0.417 e. The third kappa shape index (κ3) is 6.50. The number of carbonyl (C=O) groups is 2. The lowest BCUT2D eigenvalue weighted by Crippen LogP contribution is -2.27. The van der Waals surface area contributed by atoms with Crippen molar-refractivity contribution in [3.05, 3.63) is 70.8 Å². The van der Waals surface area contributed by atoms with E-state index in [1.165, 1.54) is 24.4 Å². The first-order valence-corrected chi connectivity index (χ1v) is 11.0. The smallest absolute Gasteiger partial charge is 0.323 e. The molecule has 190 valence electrons. The third-order valence-electron chi connectivity index (χ3n) is 4.57. The Hall–Kier alpha value is -4.24. The molecule has 0 saturated heterocycles. The zero-order valence-corrected chi connectivity index (χ0v) is 20.2. The molecule has 0 bridgehead atoms. The number of benzene rings is 1. The van der Waals surface area contributed by atoms with Crippen molar-refractivity contribution in [3.8, 4) is 0 Å².